The first-order valence-corrected chi connectivity index (χ1v) is 6.67. The molecule has 1 N–H and O–H groups in total. The van der Waals surface area contributed by atoms with Gasteiger partial charge in [-0.3, -0.25) is 0 Å². The first-order chi connectivity index (χ1) is 9.06. The molecule has 0 amide bonds. The molecule has 100 valence electrons. The van der Waals surface area contributed by atoms with E-state index in [1.165, 1.54) is 16.8 Å². The highest BCUT2D eigenvalue weighted by molar-refractivity contribution is 5.55. The van der Waals surface area contributed by atoms with Crippen LogP contribution in [0, 0.1) is 6.92 Å². The summed E-state index contributed by atoms with van der Waals surface area (Å²) < 4.78 is 0. The topological polar surface area (TPSA) is 15.3 Å². The summed E-state index contributed by atoms with van der Waals surface area (Å²) in [6, 6.07) is 17.5. The van der Waals surface area contributed by atoms with Gasteiger partial charge in [0.2, 0.25) is 0 Å². The lowest BCUT2D eigenvalue weighted by Crippen LogP contribution is -2.09. The van der Waals surface area contributed by atoms with E-state index < -0.39 is 0 Å². The van der Waals surface area contributed by atoms with E-state index in [2.05, 4.69) is 86.7 Å². The van der Waals surface area contributed by atoms with Crippen molar-refractivity contribution in [2.75, 3.05) is 24.3 Å². The van der Waals surface area contributed by atoms with E-state index in [-0.39, 0.29) is 0 Å². The molecular weight excluding hydrogens is 232 g/mol. The van der Waals surface area contributed by atoms with Gasteiger partial charge in [-0.05, 0) is 43.7 Å². The number of hydrogen-bond acceptors (Lipinski definition) is 2. The van der Waals surface area contributed by atoms with Crippen LogP contribution in [-0.4, -0.2) is 14.1 Å². The Balaban J connectivity index is 2.08. The van der Waals surface area contributed by atoms with Crippen LogP contribution < -0.4 is 10.2 Å². The van der Waals surface area contributed by atoms with E-state index in [1.54, 1.807) is 0 Å². The van der Waals surface area contributed by atoms with E-state index in [1.807, 2.05) is 0 Å². The van der Waals surface area contributed by atoms with Crippen molar-refractivity contribution >= 4 is 11.4 Å². The Bertz CT molecular complexity index is 529. The average molecular weight is 254 g/mol. The summed E-state index contributed by atoms with van der Waals surface area (Å²) in [5.41, 5.74) is 4.99. The maximum absolute atomic E-state index is 3.53. The molecule has 2 heteroatoms. The minimum absolute atomic E-state index is 0.310. The molecule has 2 aromatic rings. The first kappa shape index (κ1) is 13.5. The van der Waals surface area contributed by atoms with Crippen molar-refractivity contribution in [2.24, 2.45) is 0 Å². The van der Waals surface area contributed by atoms with E-state index in [0.717, 1.165) is 5.69 Å². The quantitative estimate of drug-likeness (QED) is 0.878. The molecule has 0 fully saturated rings. The second-order valence-corrected chi connectivity index (χ2v) is 5.22. The number of aryl methyl sites for hydroxylation is 1. The summed E-state index contributed by atoms with van der Waals surface area (Å²) >= 11 is 0. The number of rotatable bonds is 4. The zero-order valence-electron chi connectivity index (χ0n) is 12.1. The number of benzene rings is 2. The van der Waals surface area contributed by atoms with Gasteiger partial charge in [-0.25, -0.2) is 0 Å². The maximum Gasteiger partial charge on any atom is 0.0485 e. The standard InChI is InChI=1S/C17H22N2/c1-13-6-5-7-15(12-13)14(2)18-16-8-10-17(11-9-16)19(3)4/h5-12,14,18H,1-4H3. The second kappa shape index (κ2) is 5.79. The van der Waals surface area contributed by atoms with Crippen LogP contribution in [0.15, 0.2) is 48.5 Å². The molecular formula is C17H22N2. The summed E-state index contributed by atoms with van der Waals surface area (Å²) in [5, 5.41) is 3.53. The largest absolute Gasteiger partial charge is 0.379 e. The Morgan fingerprint density at radius 1 is 1.00 bits per heavy atom. The van der Waals surface area contributed by atoms with Crippen LogP contribution in [0.3, 0.4) is 0 Å². The van der Waals surface area contributed by atoms with Gasteiger partial charge in [-0.2, -0.15) is 0 Å². The van der Waals surface area contributed by atoms with E-state index in [4.69, 9.17) is 0 Å². The molecule has 0 spiro atoms. The van der Waals surface area contributed by atoms with Crippen LogP contribution in [0.25, 0.3) is 0 Å². The summed E-state index contributed by atoms with van der Waals surface area (Å²) in [6.45, 7) is 4.32. The van der Waals surface area contributed by atoms with Gasteiger partial charge < -0.3 is 10.2 Å². The molecule has 2 aromatic carbocycles. The Kier molecular flexibility index (Phi) is 4.10. The molecule has 0 aliphatic rings. The molecule has 0 saturated carbocycles. The van der Waals surface area contributed by atoms with Crippen LogP contribution in [0.1, 0.15) is 24.1 Å². The van der Waals surface area contributed by atoms with Crippen LogP contribution in [-0.2, 0) is 0 Å². The molecule has 0 aliphatic carbocycles. The zero-order chi connectivity index (χ0) is 13.8. The molecule has 0 saturated heterocycles. The van der Waals surface area contributed by atoms with Gasteiger partial charge in [0.1, 0.15) is 0 Å². The lowest BCUT2D eigenvalue weighted by molar-refractivity contribution is 0.883. The van der Waals surface area contributed by atoms with Gasteiger partial charge in [0, 0.05) is 31.5 Å². The molecule has 0 bridgehead atoms. The molecule has 0 aromatic heterocycles. The summed E-state index contributed by atoms with van der Waals surface area (Å²) in [4.78, 5) is 2.10. The summed E-state index contributed by atoms with van der Waals surface area (Å²) in [5.74, 6) is 0. The van der Waals surface area contributed by atoms with Gasteiger partial charge in [-0.1, -0.05) is 29.8 Å². The monoisotopic (exact) mass is 254 g/mol. The highest BCUT2D eigenvalue weighted by Crippen LogP contribution is 2.22. The SMILES string of the molecule is Cc1cccc(C(C)Nc2ccc(N(C)C)cc2)c1. The average Bonchev–Trinajstić information content (AvgIpc) is 2.39. The number of anilines is 2. The predicted octanol–water partition coefficient (Wildman–Crippen LogP) is 4.23. The number of nitrogens with one attached hydrogen (secondary N) is 1. The molecule has 2 nitrogen and oxygen atoms in total. The van der Waals surface area contributed by atoms with Gasteiger partial charge in [0.25, 0.3) is 0 Å². The minimum atomic E-state index is 0.310. The third-order valence-corrected chi connectivity index (χ3v) is 3.31. The molecule has 0 radical (unpaired) electrons. The number of nitrogens with zero attached hydrogens (tertiary/aromatic N) is 1. The van der Waals surface area contributed by atoms with Crippen molar-refractivity contribution < 1.29 is 0 Å². The fraction of sp³-hybridized carbons (Fsp3) is 0.294. The third kappa shape index (κ3) is 3.50. The van der Waals surface area contributed by atoms with Crippen LogP contribution in [0.2, 0.25) is 0 Å². The normalized spacial score (nSPS) is 12.0. The molecule has 1 atom stereocenters. The van der Waals surface area contributed by atoms with Crippen LogP contribution >= 0.6 is 0 Å². The predicted molar refractivity (Wildman–Crippen MR) is 84.0 cm³/mol. The highest BCUT2D eigenvalue weighted by Gasteiger charge is 2.05. The summed E-state index contributed by atoms with van der Waals surface area (Å²) in [7, 11) is 4.11. The molecule has 19 heavy (non-hydrogen) atoms. The molecule has 0 heterocycles. The van der Waals surface area contributed by atoms with Crippen molar-refractivity contribution in [1.82, 2.24) is 0 Å². The van der Waals surface area contributed by atoms with Crippen molar-refractivity contribution in [2.45, 2.75) is 19.9 Å². The Morgan fingerprint density at radius 3 is 2.26 bits per heavy atom. The van der Waals surface area contributed by atoms with Gasteiger partial charge in [0.05, 0.1) is 0 Å². The van der Waals surface area contributed by atoms with Gasteiger partial charge in [0.15, 0.2) is 0 Å². The third-order valence-electron chi connectivity index (χ3n) is 3.31. The fourth-order valence-corrected chi connectivity index (χ4v) is 2.13. The van der Waals surface area contributed by atoms with E-state index in [9.17, 15) is 0 Å². The molecule has 0 aliphatic heterocycles. The fourth-order valence-electron chi connectivity index (χ4n) is 2.13. The van der Waals surface area contributed by atoms with Gasteiger partial charge >= 0.3 is 0 Å². The minimum Gasteiger partial charge on any atom is -0.379 e. The van der Waals surface area contributed by atoms with E-state index >= 15 is 0 Å². The van der Waals surface area contributed by atoms with Crippen LogP contribution in [0.5, 0.6) is 0 Å². The Labute approximate surface area is 116 Å². The van der Waals surface area contributed by atoms with Crippen molar-refractivity contribution in [1.29, 1.82) is 0 Å². The van der Waals surface area contributed by atoms with Crippen molar-refractivity contribution in [3.63, 3.8) is 0 Å². The Hall–Kier alpha value is -1.96. The molecule has 2 rings (SSSR count). The second-order valence-electron chi connectivity index (χ2n) is 5.22. The lowest BCUT2D eigenvalue weighted by Gasteiger charge is -2.18. The Morgan fingerprint density at radius 2 is 1.68 bits per heavy atom. The maximum atomic E-state index is 3.53. The lowest BCUT2D eigenvalue weighted by atomic mass is 10.1. The number of hydrogen-bond donors (Lipinski definition) is 1. The smallest absolute Gasteiger partial charge is 0.0485 e. The highest BCUT2D eigenvalue weighted by atomic mass is 15.1. The first-order valence-electron chi connectivity index (χ1n) is 6.67. The van der Waals surface area contributed by atoms with E-state index in [0.29, 0.717) is 6.04 Å². The van der Waals surface area contributed by atoms with Crippen molar-refractivity contribution in [3.8, 4) is 0 Å². The van der Waals surface area contributed by atoms with Crippen LogP contribution in [0.4, 0.5) is 11.4 Å². The molecule has 1 unspecified atom stereocenters. The van der Waals surface area contributed by atoms with Gasteiger partial charge in [-0.15, -0.1) is 0 Å². The van der Waals surface area contributed by atoms with Crippen molar-refractivity contribution in [3.05, 3.63) is 59.7 Å². The summed E-state index contributed by atoms with van der Waals surface area (Å²) in [6.07, 6.45) is 0. The zero-order valence-corrected chi connectivity index (χ0v) is 12.1.